The van der Waals surface area contributed by atoms with Crippen LogP contribution in [0, 0.1) is 5.82 Å². The highest BCUT2D eigenvalue weighted by Crippen LogP contribution is 2.29. The van der Waals surface area contributed by atoms with Crippen LogP contribution in [0.25, 0.3) is 21.5 Å². The van der Waals surface area contributed by atoms with E-state index in [9.17, 15) is 19.5 Å². The third-order valence-corrected chi connectivity index (χ3v) is 5.46. The summed E-state index contributed by atoms with van der Waals surface area (Å²) >= 11 is 1.34. The lowest BCUT2D eigenvalue weighted by Crippen LogP contribution is -2.29. The molecule has 2 heterocycles. The van der Waals surface area contributed by atoms with Gasteiger partial charge in [-0.1, -0.05) is 28.6 Å². The predicted octanol–water partition coefficient (Wildman–Crippen LogP) is 3.66. The molecule has 4 rings (SSSR count). The maximum atomic E-state index is 13.4. The van der Waals surface area contributed by atoms with E-state index in [-0.39, 0.29) is 24.0 Å². The standard InChI is InChI=1S/C21H18FN5O5S/c1-31-10-16(20(28)29)24-19(26-30)17-9-15(27-32-17)11-2-5-13(6-3-11)23-21-25-14-7-4-12(22)8-18(14)33-21/h2-9,16,30H,10H2,1H3,(H,23,25)(H,24,26)(H,28,29)/t16-/m0/s1. The number of ether oxygens (including phenoxy) is 1. The SMILES string of the molecule is COC[C@H](N=C(NO)c1cc(-c2ccc(Nc3nc4ccc(F)cc4s3)cc2)no1)C(=O)O. The first kappa shape index (κ1) is 22.3. The molecule has 0 aliphatic heterocycles. The Labute approximate surface area is 190 Å². The molecule has 4 aromatic rings. The fourth-order valence-corrected chi connectivity index (χ4v) is 3.86. The zero-order chi connectivity index (χ0) is 23.4. The molecule has 12 heteroatoms. The molecule has 0 saturated heterocycles. The van der Waals surface area contributed by atoms with Crippen LogP contribution in [0.3, 0.4) is 0 Å². The van der Waals surface area contributed by atoms with Gasteiger partial charge in [-0.05, 0) is 30.3 Å². The van der Waals surface area contributed by atoms with Crippen LogP contribution in [0.2, 0.25) is 0 Å². The molecule has 0 aliphatic carbocycles. The minimum Gasteiger partial charge on any atom is -0.480 e. The number of aliphatic carboxylic acids is 1. The maximum absolute atomic E-state index is 13.4. The van der Waals surface area contributed by atoms with E-state index in [2.05, 4.69) is 20.4 Å². The normalized spacial score (nSPS) is 12.6. The predicted molar refractivity (Wildman–Crippen MR) is 120 cm³/mol. The average molecular weight is 471 g/mol. The Kier molecular flexibility index (Phi) is 6.58. The first-order valence-electron chi connectivity index (χ1n) is 9.57. The van der Waals surface area contributed by atoms with Crippen LogP contribution in [0.4, 0.5) is 15.2 Å². The number of aromatic nitrogens is 2. The summed E-state index contributed by atoms with van der Waals surface area (Å²) in [6.45, 7) is -0.181. The number of fused-ring (bicyclic) bond motifs is 1. The Morgan fingerprint density at radius 1 is 1.27 bits per heavy atom. The Hall–Kier alpha value is -3.87. The zero-order valence-electron chi connectivity index (χ0n) is 17.2. The average Bonchev–Trinajstić information content (AvgIpc) is 3.43. The van der Waals surface area contributed by atoms with Crippen molar-refractivity contribution in [1.29, 1.82) is 0 Å². The van der Waals surface area contributed by atoms with E-state index in [1.807, 2.05) is 17.6 Å². The van der Waals surface area contributed by atoms with E-state index < -0.39 is 12.0 Å². The minimum absolute atomic E-state index is 0.0544. The van der Waals surface area contributed by atoms with Crippen LogP contribution >= 0.6 is 11.3 Å². The summed E-state index contributed by atoms with van der Waals surface area (Å²) in [6.07, 6.45) is 0. The molecule has 0 radical (unpaired) electrons. The van der Waals surface area contributed by atoms with Crippen molar-refractivity contribution in [3.8, 4) is 11.3 Å². The lowest BCUT2D eigenvalue weighted by atomic mass is 10.1. The van der Waals surface area contributed by atoms with Gasteiger partial charge in [0.05, 0.1) is 16.8 Å². The summed E-state index contributed by atoms with van der Waals surface area (Å²) in [5.74, 6) is -1.66. The number of rotatable bonds is 8. The number of methoxy groups -OCH3 is 1. The van der Waals surface area contributed by atoms with E-state index >= 15 is 0 Å². The van der Waals surface area contributed by atoms with Crippen LogP contribution in [-0.4, -0.2) is 52.0 Å². The second-order valence-electron chi connectivity index (χ2n) is 6.81. The summed E-state index contributed by atoms with van der Waals surface area (Å²) in [6, 6.07) is 11.9. The van der Waals surface area contributed by atoms with Crippen molar-refractivity contribution in [2.45, 2.75) is 6.04 Å². The summed E-state index contributed by atoms with van der Waals surface area (Å²) < 4.78 is 24.2. The molecule has 2 aromatic carbocycles. The van der Waals surface area contributed by atoms with Gasteiger partial charge in [0.2, 0.25) is 5.76 Å². The zero-order valence-corrected chi connectivity index (χ0v) is 18.0. The van der Waals surface area contributed by atoms with E-state index in [0.717, 1.165) is 10.4 Å². The highest BCUT2D eigenvalue weighted by molar-refractivity contribution is 7.22. The number of benzene rings is 2. The van der Waals surface area contributed by atoms with Gasteiger partial charge >= 0.3 is 5.97 Å². The third kappa shape index (κ3) is 5.14. The summed E-state index contributed by atoms with van der Waals surface area (Å²) in [5, 5.41) is 26.3. The van der Waals surface area contributed by atoms with Crippen molar-refractivity contribution >= 4 is 44.2 Å². The second kappa shape index (κ2) is 9.73. The number of aliphatic imine (C=N–C) groups is 1. The third-order valence-electron chi connectivity index (χ3n) is 4.53. The monoisotopic (exact) mass is 471 g/mol. The van der Waals surface area contributed by atoms with Gasteiger partial charge in [0.1, 0.15) is 11.5 Å². The first-order chi connectivity index (χ1) is 16.0. The second-order valence-corrected chi connectivity index (χ2v) is 7.84. The number of thiazole rings is 1. The molecule has 0 fully saturated rings. The Balaban J connectivity index is 1.50. The van der Waals surface area contributed by atoms with E-state index in [1.54, 1.807) is 18.2 Å². The number of nitrogens with one attached hydrogen (secondary N) is 2. The Morgan fingerprint density at radius 2 is 2.06 bits per heavy atom. The van der Waals surface area contributed by atoms with E-state index in [0.29, 0.717) is 21.9 Å². The summed E-state index contributed by atoms with van der Waals surface area (Å²) in [5.41, 5.74) is 4.48. The van der Waals surface area contributed by atoms with Crippen molar-refractivity contribution in [2.75, 3.05) is 19.0 Å². The van der Waals surface area contributed by atoms with Gasteiger partial charge in [0.25, 0.3) is 0 Å². The summed E-state index contributed by atoms with van der Waals surface area (Å²) in [7, 11) is 1.35. The lowest BCUT2D eigenvalue weighted by Gasteiger charge is -2.07. The Bertz CT molecular complexity index is 1300. The number of anilines is 2. The molecule has 1 atom stereocenters. The number of hydrogen-bond donors (Lipinski definition) is 4. The van der Waals surface area contributed by atoms with Crippen molar-refractivity contribution in [1.82, 2.24) is 15.6 Å². The van der Waals surface area contributed by atoms with Crippen LogP contribution in [0.15, 0.2) is 58.0 Å². The van der Waals surface area contributed by atoms with Crippen molar-refractivity contribution in [3.05, 3.63) is 60.1 Å². The topological polar surface area (TPSA) is 142 Å². The van der Waals surface area contributed by atoms with Crippen molar-refractivity contribution in [3.63, 3.8) is 0 Å². The number of nitrogens with zero attached hydrogens (tertiary/aromatic N) is 3. The number of hydrogen-bond acceptors (Lipinski definition) is 9. The molecule has 0 aliphatic rings. The molecular weight excluding hydrogens is 453 g/mol. The van der Waals surface area contributed by atoms with Gasteiger partial charge in [0.15, 0.2) is 17.0 Å². The highest BCUT2D eigenvalue weighted by Gasteiger charge is 2.20. The molecule has 10 nitrogen and oxygen atoms in total. The Morgan fingerprint density at radius 3 is 2.76 bits per heavy atom. The van der Waals surface area contributed by atoms with Crippen LogP contribution < -0.4 is 10.8 Å². The maximum Gasteiger partial charge on any atom is 0.330 e. The number of hydroxylamine groups is 1. The quantitative estimate of drug-likeness (QED) is 0.172. The fourth-order valence-electron chi connectivity index (χ4n) is 2.95. The molecule has 170 valence electrons. The van der Waals surface area contributed by atoms with E-state index in [1.165, 1.54) is 36.6 Å². The molecule has 0 spiro atoms. The van der Waals surface area contributed by atoms with Gasteiger partial charge in [-0.25, -0.2) is 24.6 Å². The molecule has 0 saturated carbocycles. The molecule has 2 aromatic heterocycles. The molecule has 0 unspecified atom stereocenters. The number of carboxylic acids is 1. The van der Waals surface area contributed by atoms with Crippen molar-refractivity contribution in [2.24, 2.45) is 4.99 Å². The van der Waals surface area contributed by atoms with Crippen LogP contribution in [0.5, 0.6) is 0 Å². The smallest absolute Gasteiger partial charge is 0.330 e. The summed E-state index contributed by atoms with van der Waals surface area (Å²) in [4.78, 5) is 19.6. The van der Waals surface area contributed by atoms with Gasteiger partial charge in [-0.15, -0.1) is 0 Å². The van der Waals surface area contributed by atoms with Gasteiger partial charge in [-0.2, -0.15) is 0 Å². The van der Waals surface area contributed by atoms with Gasteiger partial charge < -0.3 is 19.7 Å². The van der Waals surface area contributed by atoms with Gasteiger partial charge in [0, 0.05) is 24.4 Å². The van der Waals surface area contributed by atoms with Crippen LogP contribution in [-0.2, 0) is 9.53 Å². The molecule has 0 amide bonds. The first-order valence-corrected chi connectivity index (χ1v) is 10.4. The highest BCUT2D eigenvalue weighted by atomic mass is 32.1. The van der Waals surface area contributed by atoms with Crippen LogP contribution in [0.1, 0.15) is 5.76 Å². The molecule has 33 heavy (non-hydrogen) atoms. The molecular formula is C21H18FN5O5S. The number of amidine groups is 1. The number of carboxylic acid groups (broad SMARTS) is 1. The van der Waals surface area contributed by atoms with Gasteiger partial charge in [-0.3, -0.25) is 5.21 Å². The molecule has 4 N–H and O–H groups in total. The number of carbonyl (C=O) groups is 1. The minimum atomic E-state index is -1.23. The number of halogens is 1. The molecule has 0 bridgehead atoms. The van der Waals surface area contributed by atoms with Crippen molar-refractivity contribution < 1.29 is 28.8 Å². The largest absolute Gasteiger partial charge is 0.480 e. The fraction of sp³-hybridized carbons (Fsp3) is 0.143. The van der Waals surface area contributed by atoms with E-state index in [4.69, 9.17) is 9.26 Å². The lowest BCUT2D eigenvalue weighted by molar-refractivity contribution is -0.139.